The van der Waals surface area contributed by atoms with Gasteiger partial charge >= 0.3 is 0 Å². The number of hydrogen-bond donors (Lipinski definition) is 1. The van der Waals surface area contributed by atoms with Gasteiger partial charge in [0.25, 0.3) is 0 Å². The third-order valence-electron chi connectivity index (χ3n) is 2.86. The summed E-state index contributed by atoms with van der Waals surface area (Å²) >= 11 is 3.48. The third-order valence-corrected chi connectivity index (χ3v) is 3.36. The normalized spacial score (nSPS) is 12.2. The molecule has 0 aliphatic rings. The van der Waals surface area contributed by atoms with E-state index in [2.05, 4.69) is 71.5 Å². The van der Waals surface area contributed by atoms with Gasteiger partial charge in [-0.3, -0.25) is 0 Å². The Morgan fingerprint density at radius 1 is 1.06 bits per heavy atom. The Morgan fingerprint density at radius 2 is 1.82 bits per heavy atom. The molecule has 0 saturated carbocycles. The van der Waals surface area contributed by atoms with E-state index in [4.69, 9.17) is 0 Å². The second kappa shape index (κ2) is 5.37. The maximum absolute atomic E-state index is 3.51. The Morgan fingerprint density at radius 3 is 2.53 bits per heavy atom. The van der Waals surface area contributed by atoms with Crippen molar-refractivity contribution in [2.45, 2.75) is 19.9 Å². The van der Waals surface area contributed by atoms with E-state index in [1.165, 1.54) is 11.1 Å². The molecule has 1 nitrogen and oxygen atoms in total. The number of rotatable bonds is 3. The van der Waals surface area contributed by atoms with E-state index in [0.29, 0.717) is 6.04 Å². The van der Waals surface area contributed by atoms with Crippen LogP contribution in [0.2, 0.25) is 0 Å². The summed E-state index contributed by atoms with van der Waals surface area (Å²) in [4.78, 5) is 0. The van der Waals surface area contributed by atoms with Crippen molar-refractivity contribution < 1.29 is 0 Å². The lowest BCUT2D eigenvalue weighted by Crippen LogP contribution is -2.07. The minimum absolute atomic E-state index is 0.311. The van der Waals surface area contributed by atoms with Crippen LogP contribution in [0.1, 0.15) is 24.1 Å². The number of hydrogen-bond acceptors (Lipinski definition) is 1. The third kappa shape index (κ3) is 3.10. The average Bonchev–Trinajstić information content (AvgIpc) is 2.29. The Labute approximate surface area is 111 Å². The lowest BCUT2D eigenvalue weighted by atomic mass is 10.0. The molecule has 0 amide bonds. The van der Waals surface area contributed by atoms with Crippen LogP contribution >= 0.6 is 15.9 Å². The molecule has 2 rings (SSSR count). The number of aryl methyl sites for hydroxylation is 1. The SMILES string of the molecule is Cc1ccccc1C(C)Nc1cccc(Br)c1. The molecule has 0 aliphatic carbocycles. The van der Waals surface area contributed by atoms with Crippen LogP contribution in [-0.4, -0.2) is 0 Å². The summed E-state index contributed by atoms with van der Waals surface area (Å²) < 4.78 is 1.10. The largest absolute Gasteiger partial charge is 0.378 e. The van der Waals surface area contributed by atoms with Crippen LogP contribution < -0.4 is 5.32 Å². The molecule has 0 spiro atoms. The van der Waals surface area contributed by atoms with Gasteiger partial charge in [0.05, 0.1) is 0 Å². The minimum atomic E-state index is 0.311. The van der Waals surface area contributed by atoms with E-state index in [1.54, 1.807) is 0 Å². The molecule has 2 aromatic rings. The van der Waals surface area contributed by atoms with Crippen LogP contribution in [-0.2, 0) is 0 Å². The Hall–Kier alpha value is -1.28. The molecule has 1 unspecified atom stereocenters. The zero-order chi connectivity index (χ0) is 12.3. The number of benzene rings is 2. The Bertz CT molecular complexity index is 508. The molecular weight excluding hydrogens is 274 g/mol. The van der Waals surface area contributed by atoms with E-state index in [0.717, 1.165) is 10.2 Å². The highest BCUT2D eigenvalue weighted by Crippen LogP contribution is 2.23. The standard InChI is InChI=1S/C15H16BrN/c1-11-6-3-4-9-15(11)12(2)17-14-8-5-7-13(16)10-14/h3-10,12,17H,1-2H3. The van der Waals surface area contributed by atoms with E-state index in [1.807, 2.05) is 12.1 Å². The second-order valence-electron chi connectivity index (χ2n) is 4.23. The molecule has 0 heterocycles. The van der Waals surface area contributed by atoms with E-state index in [-0.39, 0.29) is 0 Å². The van der Waals surface area contributed by atoms with Gasteiger partial charge in [0.2, 0.25) is 0 Å². The molecule has 0 radical (unpaired) electrons. The van der Waals surface area contributed by atoms with Crippen LogP contribution in [0.15, 0.2) is 53.0 Å². The van der Waals surface area contributed by atoms with E-state index in [9.17, 15) is 0 Å². The van der Waals surface area contributed by atoms with Crippen LogP contribution in [0.25, 0.3) is 0 Å². The fourth-order valence-corrected chi connectivity index (χ4v) is 2.38. The maximum atomic E-state index is 3.51. The van der Waals surface area contributed by atoms with Gasteiger partial charge in [-0.1, -0.05) is 46.3 Å². The van der Waals surface area contributed by atoms with Crippen molar-refractivity contribution in [3.8, 4) is 0 Å². The van der Waals surface area contributed by atoms with E-state index >= 15 is 0 Å². The maximum Gasteiger partial charge on any atom is 0.0488 e. The van der Waals surface area contributed by atoms with Crippen molar-refractivity contribution in [1.82, 2.24) is 0 Å². The smallest absolute Gasteiger partial charge is 0.0488 e. The number of halogens is 1. The van der Waals surface area contributed by atoms with Crippen molar-refractivity contribution in [3.05, 3.63) is 64.1 Å². The predicted octanol–water partition coefficient (Wildman–Crippen LogP) is 4.93. The average molecular weight is 290 g/mol. The first-order valence-electron chi connectivity index (χ1n) is 5.74. The molecule has 0 fully saturated rings. The van der Waals surface area contributed by atoms with E-state index < -0.39 is 0 Å². The first-order valence-corrected chi connectivity index (χ1v) is 6.54. The summed E-state index contributed by atoms with van der Waals surface area (Å²) in [5.74, 6) is 0. The van der Waals surface area contributed by atoms with Crippen molar-refractivity contribution in [2.24, 2.45) is 0 Å². The lowest BCUT2D eigenvalue weighted by molar-refractivity contribution is 0.874. The highest BCUT2D eigenvalue weighted by Gasteiger charge is 2.07. The van der Waals surface area contributed by atoms with Gasteiger partial charge in [-0.15, -0.1) is 0 Å². The number of anilines is 1. The summed E-state index contributed by atoms with van der Waals surface area (Å²) in [6.45, 7) is 4.33. The summed E-state index contributed by atoms with van der Waals surface area (Å²) in [5.41, 5.74) is 3.80. The first-order chi connectivity index (χ1) is 8.16. The zero-order valence-corrected chi connectivity index (χ0v) is 11.7. The molecular formula is C15H16BrN. The summed E-state index contributed by atoms with van der Waals surface area (Å²) in [6, 6.07) is 17.0. The highest BCUT2D eigenvalue weighted by atomic mass is 79.9. The van der Waals surface area contributed by atoms with Crippen molar-refractivity contribution in [3.63, 3.8) is 0 Å². The Balaban J connectivity index is 2.17. The molecule has 0 aromatic heterocycles. The van der Waals surface area contributed by atoms with Crippen LogP contribution in [0.4, 0.5) is 5.69 Å². The van der Waals surface area contributed by atoms with Crippen molar-refractivity contribution in [2.75, 3.05) is 5.32 Å². The fraction of sp³-hybridized carbons (Fsp3) is 0.200. The van der Waals surface area contributed by atoms with Gasteiger partial charge in [0, 0.05) is 16.2 Å². The summed E-state index contributed by atoms with van der Waals surface area (Å²) in [5, 5.41) is 3.51. The predicted molar refractivity (Wildman–Crippen MR) is 77.4 cm³/mol. The summed E-state index contributed by atoms with van der Waals surface area (Å²) in [6.07, 6.45) is 0. The van der Waals surface area contributed by atoms with Crippen molar-refractivity contribution >= 4 is 21.6 Å². The molecule has 0 bridgehead atoms. The number of nitrogens with one attached hydrogen (secondary N) is 1. The van der Waals surface area contributed by atoms with Gasteiger partial charge < -0.3 is 5.32 Å². The molecule has 17 heavy (non-hydrogen) atoms. The molecule has 2 heteroatoms. The first kappa shape index (κ1) is 12.2. The van der Waals surface area contributed by atoms with Gasteiger partial charge in [0.1, 0.15) is 0 Å². The topological polar surface area (TPSA) is 12.0 Å². The van der Waals surface area contributed by atoms with Gasteiger partial charge in [-0.25, -0.2) is 0 Å². The van der Waals surface area contributed by atoms with Crippen LogP contribution in [0.3, 0.4) is 0 Å². The lowest BCUT2D eigenvalue weighted by Gasteiger charge is -2.17. The summed E-state index contributed by atoms with van der Waals surface area (Å²) in [7, 11) is 0. The quantitative estimate of drug-likeness (QED) is 0.845. The van der Waals surface area contributed by atoms with Gasteiger partial charge in [-0.2, -0.15) is 0 Å². The minimum Gasteiger partial charge on any atom is -0.378 e. The zero-order valence-electron chi connectivity index (χ0n) is 10.1. The molecule has 1 atom stereocenters. The van der Waals surface area contributed by atoms with Crippen LogP contribution in [0, 0.1) is 6.92 Å². The Kier molecular flexibility index (Phi) is 3.85. The van der Waals surface area contributed by atoms with Crippen LogP contribution in [0.5, 0.6) is 0 Å². The molecule has 0 saturated heterocycles. The second-order valence-corrected chi connectivity index (χ2v) is 5.15. The van der Waals surface area contributed by atoms with Gasteiger partial charge in [-0.05, 0) is 43.2 Å². The fourth-order valence-electron chi connectivity index (χ4n) is 1.98. The molecule has 1 N–H and O–H groups in total. The van der Waals surface area contributed by atoms with Gasteiger partial charge in [0.15, 0.2) is 0 Å². The highest BCUT2D eigenvalue weighted by molar-refractivity contribution is 9.10. The van der Waals surface area contributed by atoms with Crippen molar-refractivity contribution in [1.29, 1.82) is 0 Å². The molecule has 2 aromatic carbocycles. The molecule has 0 aliphatic heterocycles. The monoisotopic (exact) mass is 289 g/mol. The molecule has 88 valence electrons.